The van der Waals surface area contributed by atoms with Gasteiger partial charge in [0.25, 0.3) is 0 Å². The summed E-state index contributed by atoms with van der Waals surface area (Å²) >= 11 is 5.80. The van der Waals surface area contributed by atoms with Gasteiger partial charge in [-0.1, -0.05) is 23.7 Å². The third-order valence-electron chi connectivity index (χ3n) is 2.39. The van der Waals surface area contributed by atoms with E-state index in [-0.39, 0.29) is 6.04 Å². The van der Waals surface area contributed by atoms with Crippen LogP contribution in [0.5, 0.6) is 0 Å². The zero-order chi connectivity index (χ0) is 12.1. The molecule has 0 aliphatic rings. The highest BCUT2D eigenvalue weighted by Crippen LogP contribution is 2.16. The van der Waals surface area contributed by atoms with Gasteiger partial charge in [-0.25, -0.2) is 0 Å². The lowest BCUT2D eigenvalue weighted by atomic mass is 10.1. The van der Waals surface area contributed by atoms with Crippen molar-refractivity contribution < 1.29 is 4.42 Å². The van der Waals surface area contributed by atoms with Crippen LogP contribution in [0.25, 0.3) is 0 Å². The summed E-state index contributed by atoms with van der Waals surface area (Å²) in [4.78, 5) is 0. The topological polar surface area (TPSA) is 49.0 Å². The number of nitrogens with one attached hydrogen (secondary N) is 1. The Bertz CT molecular complexity index is 499. The number of rotatable bonds is 4. The van der Waals surface area contributed by atoms with Crippen LogP contribution in [0.4, 0.5) is 0 Å². The Morgan fingerprint density at radius 1 is 1.29 bits per heavy atom. The second kappa shape index (κ2) is 5.53. The SMILES string of the molecule is N#CC(NCc1ccco1)c1ccc(Cl)cc1. The van der Waals surface area contributed by atoms with Gasteiger partial charge in [0, 0.05) is 5.02 Å². The quantitative estimate of drug-likeness (QED) is 0.901. The predicted octanol–water partition coefficient (Wildman–Crippen LogP) is 3.29. The minimum atomic E-state index is -0.364. The summed E-state index contributed by atoms with van der Waals surface area (Å²) < 4.78 is 5.19. The Morgan fingerprint density at radius 3 is 2.65 bits per heavy atom. The van der Waals surface area contributed by atoms with Crippen LogP contribution in [0, 0.1) is 11.3 Å². The van der Waals surface area contributed by atoms with Crippen molar-refractivity contribution in [3.63, 3.8) is 0 Å². The van der Waals surface area contributed by atoms with Crippen LogP contribution in [0.1, 0.15) is 17.4 Å². The zero-order valence-electron chi connectivity index (χ0n) is 9.06. The fourth-order valence-electron chi connectivity index (χ4n) is 1.51. The van der Waals surface area contributed by atoms with Gasteiger partial charge in [-0.3, -0.25) is 5.32 Å². The third kappa shape index (κ3) is 3.10. The smallest absolute Gasteiger partial charge is 0.121 e. The van der Waals surface area contributed by atoms with Crippen LogP contribution >= 0.6 is 11.6 Å². The Balaban J connectivity index is 2.02. The van der Waals surface area contributed by atoms with E-state index < -0.39 is 0 Å². The molecule has 2 rings (SSSR count). The molecule has 0 aliphatic carbocycles. The lowest BCUT2D eigenvalue weighted by molar-refractivity contribution is 0.473. The molecule has 2 aromatic rings. The number of halogens is 1. The van der Waals surface area contributed by atoms with Crippen molar-refractivity contribution in [3.8, 4) is 6.07 Å². The Morgan fingerprint density at radius 2 is 2.06 bits per heavy atom. The van der Waals surface area contributed by atoms with Gasteiger partial charge in [0.15, 0.2) is 0 Å². The standard InChI is InChI=1S/C13H11ClN2O/c14-11-5-3-10(4-6-11)13(8-15)16-9-12-2-1-7-17-12/h1-7,13,16H,9H2. The van der Waals surface area contributed by atoms with E-state index in [9.17, 15) is 0 Å². The second-order valence-corrected chi connectivity index (χ2v) is 4.01. The van der Waals surface area contributed by atoms with Gasteiger partial charge in [-0.05, 0) is 29.8 Å². The molecule has 4 heteroatoms. The molecule has 1 unspecified atom stereocenters. The number of hydrogen-bond donors (Lipinski definition) is 1. The van der Waals surface area contributed by atoms with Gasteiger partial charge in [0.05, 0.1) is 18.9 Å². The number of benzene rings is 1. The fraction of sp³-hybridized carbons (Fsp3) is 0.154. The first kappa shape index (κ1) is 11.7. The molecular formula is C13H11ClN2O. The molecule has 3 nitrogen and oxygen atoms in total. The molecule has 17 heavy (non-hydrogen) atoms. The summed E-state index contributed by atoms with van der Waals surface area (Å²) in [6.07, 6.45) is 1.61. The molecule has 1 aromatic heterocycles. The molecule has 0 saturated carbocycles. The Hall–Kier alpha value is -1.76. The van der Waals surface area contributed by atoms with E-state index in [1.807, 2.05) is 24.3 Å². The van der Waals surface area contributed by atoms with E-state index in [1.165, 1.54) is 0 Å². The molecular weight excluding hydrogens is 236 g/mol. The molecule has 0 amide bonds. The summed E-state index contributed by atoms with van der Waals surface area (Å²) in [6.45, 7) is 0.522. The number of furan rings is 1. The summed E-state index contributed by atoms with van der Waals surface area (Å²) in [5, 5.41) is 12.9. The zero-order valence-corrected chi connectivity index (χ0v) is 9.82. The highest BCUT2D eigenvalue weighted by atomic mass is 35.5. The molecule has 1 atom stereocenters. The van der Waals surface area contributed by atoms with Gasteiger partial charge in [-0.15, -0.1) is 0 Å². The van der Waals surface area contributed by atoms with Crippen LogP contribution in [0.15, 0.2) is 47.1 Å². The van der Waals surface area contributed by atoms with E-state index in [1.54, 1.807) is 18.4 Å². The average Bonchev–Trinajstić information content (AvgIpc) is 2.85. The van der Waals surface area contributed by atoms with Crippen molar-refractivity contribution >= 4 is 11.6 Å². The Kier molecular flexibility index (Phi) is 3.81. The van der Waals surface area contributed by atoms with Crippen LogP contribution in [0.3, 0.4) is 0 Å². The van der Waals surface area contributed by atoms with Crippen molar-refractivity contribution in [3.05, 3.63) is 59.0 Å². The monoisotopic (exact) mass is 246 g/mol. The molecule has 0 aliphatic heterocycles. The molecule has 0 radical (unpaired) electrons. The predicted molar refractivity (Wildman–Crippen MR) is 65.4 cm³/mol. The number of nitrogens with zero attached hydrogens (tertiary/aromatic N) is 1. The summed E-state index contributed by atoms with van der Waals surface area (Å²) in [5.41, 5.74) is 0.892. The first-order valence-electron chi connectivity index (χ1n) is 5.20. The van der Waals surface area contributed by atoms with Crippen molar-refractivity contribution in [1.82, 2.24) is 5.32 Å². The van der Waals surface area contributed by atoms with Gasteiger partial charge >= 0.3 is 0 Å². The summed E-state index contributed by atoms with van der Waals surface area (Å²) in [7, 11) is 0. The molecule has 1 aromatic carbocycles. The van der Waals surface area contributed by atoms with Gasteiger partial charge in [-0.2, -0.15) is 5.26 Å². The number of nitriles is 1. The average molecular weight is 247 g/mol. The molecule has 0 fully saturated rings. The molecule has 1 N–H and O–H groups in total. The lowest BCUT2D eigenvalue weighted by Gasteiger charge is -2.10. The maximum atomic E-state index is 9.10. The van der Waals surface area contributed by atoms with Gasteiger partial charge in [0.1, 0.15) is 11.8 Å². The van der Waals surface area contributed by atoms with E-state index in [2.05, 4.69) is 11.4 Å². The molecule has 1 heterocycles. The van der Waals surface area contributed by atoms with Gasteiger partial charge in [0.2, 0.25) is 0 Å². The summed E-state index contributed by atoms with van der Waals surface area (Å²) in [6, 6.07) is 12.7. The Labute approximate surface area is 105 Å². The number of hydrogen-bond acceptors (Lipinski definition) is 3. The van der Waals surface area contributed by atoms with Crippen molar-refractivity contribution in [1.29, 1.82) is 5.26 Å². The minimum Gasteiger partial charge on any atom is -0.468 e. The highest BCUT2D eigenvalue weighted by molar-refractivity contribution is 6.30. The summed E-state index contributed by atoms with van der Waals surface area (Å²) in [5.74, 6) is 0.805. The lowest BCUT2D eigenvalue weighted by Crippen LogP contribution is -2.19. The van der Waals surface area contributed by atoms with Crippen LogP contribution in [-0.4, -0.2) is 0 Å². The maximum Gasteiger partial charge on any atom is 0.121 e. The maximum absolute atomic E-state index is 9.10. The van der Waals surface area contributed by atoms with Crippen LogP contribution in [0.2, 0.25) is 5.02 Å². The van der Waals surface area contributed by atoms with Crippen LogP contribution in [-0.2, 0) is 6.54 Å². The van der Waals surface area contributed by atoms with Crippen LogP contribution < -0.4 is 5.32 Å². The third-order valence-corrected chi connectivity index (χ3v) is 2.64. The largest absolute Gasteiger partial charge is 0.468 e. The first-order chi connectivity index (χ1) is 8.29. The first-order valence-corrected chi connectivity index (χ1v) is 5.58. The van der Waals surface area contributed by atoms with E-state index in [0.29, 0.717) is 11.6 Å². The molecule has 86 valence electrons. The second-order valence-electron chi connectivity index (χ2n) is 3.57. The molecule has 0 bridgehead atoms. The normalized spacial score (nSPS) is 12.0. The van der Waals surface area contributed by atoms with Crippen molar-refractivity contribution in [2.24, 2.45) is 0 Å². The van der Waals surface area contributed by atoms with Crippen molar-refractivity contribution in [2.45, 2.75) is 12.6 Å². The minimum absolute atomic E-state index is 0.364. The van der Waals surface area contributed by atoms with E-state index in [0.717, 1.165) is 11.3 Å². The molecule has 0 saturated heterocycles. The molecule has 0 spiro atoms. The van der Waals surface area contributed by atoms with Gasteiger partial charge < -0.3 is 4.42 Å². The van der Waals surface area contributed by atoms with E-state index in [4.69, 9.17) is 21.3 Å². The van der Waals surface area contributed by atoms with E-state index >= 15 is 0 Å². The fourth-order valence-corrected chi connectivity index (χ4v) is 1.64. The van der Waals surface area contributed by atoms with Crippen molar-refractivity contribution in [2.75, 3.05) is 0 Å². The highest BCUT2D eigenvalue weighted by Gasteiger charge is 2.10.